The van der Waals surface area contributed by atoms with Crippen molar-refractivity contribution in [3.8, 4) is 0 Å². The molecule has 0 amide bonds. The summed E-state index contributed by atoms with van der Waals surface area (Å²) in [5, 5.41) is 37.7. The summed E-state index contributed by atoms with van der Waals surface area (Å²) < 4.78 is 10.3. The number of aliphatic hydroxyl groups excluding tert-OH is 3. The van der Waals surface area contributed by atoms with Crippen LogP contribution in [0.15, 0.2) is 30.3 Å². The molecule has 1 aliphatic rings. The maximum absolute atomic E-state index is 10.9. The lowest BCUT2D eigenvalue weighted by atomic mass is 9.99. The third-order valence-corrected chi connectivity index (χ3v) is 3.07. The summed E-state index contributed by atoms with van der Waals surface area (Å²) in [5.74, 6) is -1.43. The van der Waals surface area contributed by atoms with E-state index in [0.29, 0.717) is 0 Å². The fraction of sp³-hybridized carbons (Fsp3) is 0.462. The van der Waals surface area contributed by atoms with Crippen LogP contribution in [0.2, 0.25) is 0 Å². The van der Waals surface area contributed by atoms with Crippen molar-refractivity contribution in [3.63, 3.8) is 0 Å². The first kappa shape index (κ1) is 14.9. The Morgan fingerprint density at radius 3 is 2.35 bits per heavy atom. The van der Waals surface area contributed by atoms with Gasteiger partial charge < -0.3 is 29.9 Å². The number of carboxylic acid groups (broad SMARTS) is 1. The Morgan fingerprint density at radius 2 is 1.75 bits per heavy atom. The molecule has 1 saturated heterocycles. The molecule has 110 valence electrons. The van der Waals surface area contributed by atoms with Gasteiger partial charge in [-0.3, -0.25) is 0 Å². The summed E-state index contributed by atoms with van der Waals surface area (Å²) in [6, 6.07) is 9.01. The smallest absolute Gasteiger partial charge is 0.335 e. The molecule has 20 heavy (non-hydrogen) atoms. The average molecular weight is 284 g/mol. The van der Waals surface area contributed by atoms with E-state index in [0.717, 1.165) is 5.56 Å². The van der Waals surface area contributed by atoms with E-state index in [2.05, 4.69) is 0 Å². The summed E-state index contributed by atoms with van der Waals surface area (Å²) in [5.41, 5.74) is 0.802. The monoisotopic (exact) mass is 284 g/mol. The number of carbonyl (C=O) groups is 1. The largest absolute Gasteiger partial charge is 0.479 e. The molecular weight excluding hydrogens is 268 g/mol. The van der Waals surface area contributed by atoms with Crippen LogP contribution in [-0.4, -0.2) is 57.1 Å². The molecule has 7 heteroatoms. The van der Waals surface area contributed by atoms with Crippen LogP contribution in [0.4, 0.5) is 0 Å². The number of aliphatic carboxylic acids is 1. The maximum atomic E-state index is 10.9. The van der Waals surface area contributed by atoms with E-state index in [4.69, 9.17) is 14.6 Å². The SMILES string of the molecule is O=C(O)C1OC(OCc2ccccc2)C(O)C(O)C1O. The van der Waals surface area contributed by atoms with E-state index in [9.17, 15) is 20.1 Å². The molecule has 4 N–H and O–H groups in total. The molecule has 0 saturated carbocycles. The minimum Gasteiger partial charge on any atom is -0.479 e. The number of aliphatic hydroxyl groups is 3. The van der Waals surface area contributed by atoms with E-state index in [1.807, 2.05) is 6.07 Å². The van der Waals surface area contributed by atoms with Gasteiger partial charge in [-0.05, 0) is 5.56 Å². The lowest BCUT2D eigenvalue weighted by Gasteiger charge is -2.38. The van der Waals surface area contributed by atoms with Crippen molar-refractivity contribution in [1.82, 2.24) is 0 Å². The van der Waals surface area contributed by atoms with Gasteiger partial charge in [0.1, 0.15) is 18.3 Å². The highest BCUT2D eigenvalue weighted by Gasteiger charge is 2.47. The van der Waals surface area contributed by atoms with Crippen molar-refractivity contribution >= 4 is 5.97 Å². The Morgan fingerprint density at radius 1 is 1.10 bits per heavy atom. The highest BCUT2D eigenvalue weighted by atomic mass is 16.7. The van der Waals surface area contributed by atoms with Gasteiger partial charge in [0.15, 0.2) is 12.4 Å². The van der Waals surface area contributed by atoms with Crippen molar-refractivity contribution < 1.29 is 34.7 Å². The van der Waals surface area contributed by atoms with Crippen LogP contribution in [-0.2, 0) is 20.9 Å². The summed E-state index contributed by atoms with van der Waals surface area (Å²) >= 11 is 0. The van der Waals surface area contributed by atoms with Crippen LogP contribution in [0, 0.1) is 0 Å². The molecule has 5 unspecified atom stereocenters. The zero-order valence-corrected chi connectivity index (χ0v) is 10.5. The van der Waals surface area contributed by atoms with Crippen molar-refractivity contribution in [2.75, 3.05) is 0 Å². The first-order chi connectivity index (χ1) is 9.50. The van der Waals surface area contributed by atoms with E-state index < -0.39 is 36.7 Å². The Balaban J connectivity index is 2.01. The Bertz CT molecular complexity index is 449. The number of hydrogen-bond donors (Lipinski definition) is 4. The van der Waals surface area contributed by atoms with E-state index in [1.54, 1.807) is 24.3 Å². The number of rotatable bonds is 4. The molecular formula is C13H16O7. The highest BCUT2D eigenvalue weighted by molar-refractivity contribution is 5.73. The second kappa shape index (κ2) is 6.29. The predicted octanol–water partition coefficient (Wildman–Crippen LogP) is -0.905. The van der Waals surface area contributed by atoms with Crippen LogP contribution in [0.25, 0.3) is 0 Å². The van der Waals surface area contributed by atoms with Crippen molar-refractivity contribution in [2.45, 2.75) is 37.3 Å². The quantitative estimate of drug-likeness (QED) is 0.566. The van der Waals surface area contributed by atoms with E-state index in [1.165, 1.54) is 0 Å². The van der Waals surface area contributed by atoms with Gasteiger partial charge in [-0.15, -0.1) is 0 Å². The molecule has 1 fully saturated rings. The number of benzene rings is 1. The molecule has 0 aromatic heterocycles. The van der Waals surface area contributed by atoms with Crippen LogP contribution >= 0.6 is 0 Å². The molecule has 5 atom stereocenters. The van der Waals surface area contributed by atoms with E-state index >= 15 is 0 Å². The lowest BCUT2D eigenvalue weighted by Crippen LogP contribution is -2.60. The van der Waals surface area contributed by atoms with Crippen LogP contribution in [0.5, 0.6) is 0 Å². The first-order valence-electron chi connectivity index (χ1n) is 6.08. The van der Waals surface area contributed by atoms with Gasteiger partial charge >= 0.3 is 5.97 Å². The van der Waals surface area contributed by atoms with Crippen molar-refractivity contribution in [2.24, 2.45) is 0 Å². The third-order valence-electron chi connectivity index (χ3n) is 3.07. The maximum Gasteiger partial charge on any atom is 0.335 e. The summed E-state index contributed by atoms with van der Waals surface area (Å²) in [6.07, 6.45) is -7.85. The Labute approximate surface area is 115 Å². The fourth-order valence-electron chi connectivity index (χ4n) is 1.94. The minimum atomic E-state index is -1.71. The summed E-state index contributed by atoms with van der Waals surface area (Å²) in [6.45, 7) is 0.0811. The Hall–Kier alpha value is -1.51. The molecule has 7 nitrogen and oxygen atoms in total. The molecule has 1 aromatic carbocycles. The van der Waals surface area contributed by atoms with Gasteiger partial charge in [0, 0.05) is 0 Å². The molecule has 1 aliphatic heterocycles. The summed E-state index contributed by atoms with van der Waals surface area (Å²) in [4.78, 5) is 10.9. The number of hydrogen-bond acceptors (Lipinski definition) is 6. The second-order valence-electron chi connectivity index (χ2n) is 4.53. The molecule has 2 rings (SSSR count). The van der Waals surface area contributed by atoms with Gasteiger partial charge in [-0.1, -0.05) is 30.3 Å². The van der Waals surface area contributed by atoms with Gasteiger partial charge in [0.2, 0.25) is 0 Å². The second-order valence-corrected chi connectivity index (χ2v) is 4.53. The molecule has 0 bridgehead atoms. The first-order valence-corrected chi connectivity index (χ1v) is 6.08. The van der Waals surface area contributed by atoms with Gasteiger partial charge in [-0.25, -0.2) is 4.79 Å². The van der Waals surface area contributed by atoms with E-state index in [-0.39, 0.29) is 6.61 Å². The van der Waals surface area contributed by atoms with Crippen molar-refractivity contribution in [1.29, 1.82) is 0 Å². The molecule has 0 spiro atoms. The van der Waals surface area contributed by atoms with Gasteiger partial charge in [-0.2, -0.15) is 0 Å². The molecule has 0 radical (unpaired) electrons. The van der Waals surface area contributed by atoms with Gasteiger partial charge in [0.05, 0.1) is 6.61 Å². The average Bonchev–Trinajstić information content (AvgIpc) is 2.45. The lowest BCUT2D eigenvalue weighted by molar-refractivity contribution is -0.297. The molecule has 0 aliphatic carbocycles. The topological polar surface area (TPSA) is 116 Å². The number of ether oxygens (including phenoxy) is 2. The fourth-order valence-corrected chi connectivity index (χ4v) is 1.94. The number of carboxylic acids is 1. The normalized spacial score (nSPS) is 33.9. The Kier molecular flexibility index (Phi) is 4.69. The molecule has 1 aromatic rings. The van der Waals surface area contributed by atoms with Crippen LogP contribution < -0.4 is 0 Å². The highest BCUT2D eigenvalue weighted by Crippen LogP contribution is 2.23. The van der Waals surface area contributed by atoms with Crippen molar-refractivity contribution in [3.05, 3.63) is 35.9 Å². The predicted molar refractivity (Wildman–Crippen MR) is 65.5 cm³/mol. The molecule has 1 heterocycles. The third kappa shape index (κ3) is 3.14. The van der Waals surface area contributed by atoms with Crippen LogP contribution in [0.3, 0.4) is 0 Å². The summed E-state index contributed by atoms with van der Waals surface area (Å²) in [7, 11) is 0. The standard InChI is InChI=1S/C13H16O7/c14-8-9(15)11(12(17)18)20-13(10(8)16)19-6-7-4-2-1-3-5-7/h1-5,8-11,13-16H,6H2,(H,17,18). The van der Waals surface area contributed by atoms with Crippen LogP contribution in [0.1, 0.15) is 5.56 Å². The zero-order chi connectivity index (χ0) is 14.7. The van der Waals surface area contributed by atoms with Gasteiger partial charge in [0.25, 0.3) is 0 Å². The minimum absolute atomic E-state index is 0.0811. The zero-order valence-electron chi connectivity index (χ0n) is 10.5.